The van der Waals surface area contributed by atoms with Crippen LogP contribution in [-0.4, -0.2) is 19.2 Å². The molecule has 0 bridgehead atoms. The predicted octanol–water partition coefficient (Wildman–Crippen LogP) is 4.09. The molecule has 1 atom stereocenters. The average molecular weight is 337 g/mol. The molecule has 0 spiro atoms. The van der Waals surface area contributed by atoms with Gasteiger partial charge in [-0.2, -0.15) is 0 Å². The van der Waals surface area contributed by atoms with E-state index in [1.165, 1.54) is 17.5 Å². The van der Waals surface area contributed by atoms with Gasteiger partial charge in [0.15, 0.2) is 9.84 Å². The van der Waals surface area contributed by atoms with Gasteiger partial charge >= 0.3 is 0 Å². The summed E-state index contributed by atoms with van der Waals surface area (Å²) in [5.74, 6) is 0. The van der Waals surface area contributed by atoms with E-state index < -0.39 is 9.84 Å². The quantitative estimate of drug-likeness (QED) is 0.722. The first kappa shape index (κ1) is 15.2. The van der Waals surface area contributed by atoms with Crippen molar-refractivity contribution in [1.29, 1.82) is 0 Å². The Kier molecular flexibility index (Phi) is 3.57. The molecular formula is C20H19NO2S. The van der Waals surface area contributed by atoms with Crippen molar-refractivity contribution in [1.82, 2.24) is 4.57 Å². The van der Waals surface area contributed by atoms with Crippen LogP contribution in [0, 0.1) is 0 Å². The summed E-state index contributed by atoms with van der Waals surface area (Å²) in [5, 5.41) is 0. The van der Waals surface area contributed by atoms with Gasteiger partial charge in [0, 0.05) is 18.1 Å². The van der Waals surface area contributed by atoms with Gasteiger partial charge in [0.1, 0.15) is 0 Å². The number of aromatic nitrogens is 1. The Hall–Kier alpha value is -2.33. The zero-order valence-electron chi connectivity index (χ0n) is 13.5. The molecule has 4 heteroatoms. The molecule has 4 rings (SSSR count). The zero-order valence-corrected chi connectivity index (χ0v) is 14.3. The second-order valence-electron chi connectivity index (χ2n) is 6.39. The van der Waals surface area contributed by atoms with E-state index in [4.69, 9.17) is 0 Å². The fourth-order valence-electron chi connectivity index (χ4n) is 3.49. The smallest absolute Gasteiger partial charge is 0.175 e. The summed E-state index contributed by atoms with van der Waals surface area (Å²) in [6.45, 7) is 0. The number of hydrogen-bond acceptors (Lipinski definition) is 2. The summed E-state index contributed by atoms with van der Waals surface area (Å²) in [4.78, 5) is 0.361. The minimum atomic E-state index is -3.15. The Balaban J connectivity index is 1.68. The SMILES string of the molecule is CS(=O)(=O)c1ccc(-c2cc3n(c2)C(c2ccccc2)CC3)cc1. The molecule has 0 saturated carbocycles. The van der Waals surface area contributed by atoms with Crippen molar-refractivity contribution in [3.63, 3.8) is 0 Å². The second kappa shape index (κ2) is 5.64. The van der Waals surface area contributed by atoms with Crippen LogP contribution in [0.2, 0.25) is 0 Å². The van der Waals surface area contributed by atoms with Gasteiger partial charge in [0.05, 0.1) is 10.9 Å². The van der Waals surface area contributed by atoms with Crippen LogP contribution in [0.25, 0.3) is 11.1 Å². The number of aryl methyl sites for hydroxylation is 1. The lowest BCUT2D eigenvalue weighted by atomic mass is 10.0. The lowest BCUT2D eigenvalue weighted by Gasteiger charge is -2.13. The lowest BCUT2D eigenvalue weighted by molar-refractivity contribution is 0.602. The van der Waals surface area contributed by atoms with Gasteiger partial charge < -0.3 is 4.57 Å². The van der Waals surface area contributed by atoms with Gasteiger partial charge in [0.2, 0.25) is 0 Å². The largest absolute Gasteiger partial charge is 0.343 e. The third-order valence-electron chi connectivity index (χ3n) is 4.74. The van der Waals surface area contributed by atoms with Gasteiger partial charge in [-0.25, -0.2) is 8.42 Å². The molecule has 0 radical (unpaired) electrons. The van der Waals surface area contributed by atoms with Gasteiger partial charge in [-0.1, -0.05) is 42.5 Å². The van der Waals surface area contributed by atoms with E-state index in [0.717, 1.165) is 24.0 Å². The summed E-state index contributed by atoms with van der Waals surface area (Å²) >= 11 is 0. The van der Waals surface area contributed by atoms with Gasteiger partial charge in [-0.05, 0) is 47.7 Å². The third-order valence-corrected chi connectivity index (χ3v) is 5.87. The highest BCUT2D eigenvalue weighted by molar-refractivity contribution is 7.90. The van der Waals surface area contributed by atoms with Crippen molar-refractivity contribution >= 4 is 9.84 Å². The normalized spacial score (nSPS) is 17.0. The summed E-state index contributed by atoms with van der Waals surface area (Å²) < 4.78 is 25.5. The van der Waals surface area contributed by atoms with Crippen LogP contribution in [0.4, 0.5) is 0 Å². The molecule has 24 heavy (non-hydrogen) atoms. The molecule has 0 saturated heterocycles. The second-order valence-corrected chi connectivity index (χ2v) is 8.40. The predicted molar refractivity (Wildman–Crippen MR) is 95.9 cm³/mol. The van der Waals surface area contributed by atoms with Crippen LogP contribution < -0.4 is 0 Å². The van der Waals surface area contributed by atoms with Crippen LogP contribution in [0.5, 0.6) is 0 Å². The van der Waals surface area contributed by atoms with Crippen LogP contribution in [0.1, 0.15) is 23.7 Å². The number of fused-ring (bicyclic) bond motifs is 1. The molecule has 0 amide bonds. The number of sulfone groups is 1. The van der Waals surface area contributed by atoms with Crippen LogP contribution >= 0.6 is 0 Å². The number of hydrogen-bond donors (Lipinski definition) is 0. The summed E-state index contributed by atoms with van der Waals surface area (Å²) in [6.07, 6.45) is 5.63. The van der Waals surface area contributed by atoms with E-state index in [9.17, 15) is 8.42 Å². The highest BCUT2D eigenvalue weighted by atomic mass is 32.2. The molecule has 1 aliphatic heterocycles. The molecule has 1 unspecified atom stereocenters. The summed E-state index contributed by atoms with van der Waals surface area (Å²) in [5.41, 5.74) is 4.87. The minimum Gasteiger partial charge on any atom is -0.343 e. The zero-order chi connectivity index (χ0) is 16.7. The van der Waals surface area contributed by atoms with E-state index in [-0.39, 0.29) is 0 Å². The third kappa shape index (κ3) is 2.67. The van der Waals surface area contributed by atoms with Crippen molar-refractivity contribution < 1.29 is 8.42 Å². The maximum atomic E-state index is 11.6. The molecule has 0 N–H and O–H groups in total. The first-order chi connectivity index (χ1) is 11.5. The van der Waals surface area contributed by atoms with Gasteiger partial charge in [0.25, 0.3) is 0 Å². The van der Waals surface area contributed by atoms with Crippen LogP contribution in [0.3, 0.4) is 0 Å². The minimum absolute atomic E-state index is 0.361. The van der Waals surface area contributed by atoms with Crippen molar-refractivity contribution in [2.75, 3.05) is 6.26 Å². The van der Waals surface area contributed by atoms with E-state index in [2.05, 4.69) is 41.1 Å². The first-order valence-electron chi connectivity index (χ1n) is 8.08. The molecular weight excluding hydrogens is 318 g/mol. The van der Waals surface area contributed by atoms with Crippen LogP contribution in [0.15, 0.2) is 71.8 Å². The fraction of sp³-hybridized carbons (Fsp3) is 0.200. The summed E-state index contributed by atoms with van der Waals surface area (Å²) in [7, 11) is -3.15. The molecule has 0 aliphatic carbocycles. The molecule has 2 aromatic carbocycles. The molecule has 122 valence electrons. The Morgan fingerprint density at radius 3 is 2.33 bits per heavy atom. The van der Waals surface area contributed by atoms with E-state index in [1.54, 1.807) is 12.1 Å². The standard InChI is InChI=1S/C20H19NO2S/c1-24(22,23)19-10-7-15(8-11-19)17-13-18-9-12-20(21(18)14-17)16-5-3-2-4-6-16/h2-8,10-11,13-14,20H,9,12H2,1H3. The van der Waals surface area contributed by atoms with Crippen molar-refractivity contribution in [2.24, 2.45) is 0 Å². The van der Waals surface area contributed by atoms with Crippen molar-refractivity contribution in [2.45, 2.75) is 23.8 Å². The van der Waals surface area contributed by atoms with E-state index >= 15 is 0 Å². The summed E-state index contributed by atoms with van der Waals surface area (Å²) in [6, 6.07) is 20.3. The lowest BCUT2D eigenvalue weighted by Crippen LogP contribution is -2.03. The van der Waals surface area contributed by atoms with Gasteiger partial charge in [-0.3, -0.25) is 0 Å². The molecule has 1 aromatic heterocycles. The number of nitrogens with zero attached hydrogens (tertiary/aromatic N) is 1. The molecule has 3 aromatic rings. The molecule has 1 aliphatic rings. The number of benzene rings is 2. The molecule has 2 heterocycles. The maximum Gasteiger partial charge on any atom is 0.175 e. The van der Waals surface area contributed by atoms with E-state index in [0.29, 0.717) is 10.9 Å². The average Bonchev–Trinajstić information content (AvgIpc) is 3.15. The maximum absolute atomic E-state index is 11.6. The van der Waals surface area contributed by atoms with Crippen LogP contribution in [-0.2, 0) is 16.3 Å². The van der Waals surface area contributed by atoms with Crippen molar-refractivity contribution in [3.05, 3.63) is 78.1 Å². The fourth-order valence-corrected chi connectivity index (χ4v) is 4.12. The molecule has 3 nitrogen and oxygen atoms in total. The first-order valence-corrected chi connectivity index (χ1v) is 9.98. The Bertz CT molecular complexity index is 970. The van der Waals surface area contributed by atoms with E-state index in [1.807, 2.05) is 18.2 Å². The Morgan fingerprint density at radius 2 is 1.67 bits per heavy atom. The van der Waals surface area contributed by atoms with Crippen molar-refractivity contribution in [3.8, 4) is 11.1 Å². The monoisotopic (exact) mass is 337 g/mol. The Labute approximate surface area is 142 Å². The Morgan fingerprint density at radius 1 is 0.958 bits per heavy atom. The molecule has 0 fully saturated rings. The highest BCUT2D eigenvalue weighted by Gasteiger charge is 2.24. The number of rotatable bonds is 3. The van der Waals surface area contributed by atoms with Gasteiger partial charge in [-0.15, -0.1) is 0 Å². The topological polar surface area (TPSA) is 39.1 Å². The highest BCUT2D eigenvalue weighted by Crippen LogP contribution is 2.36.